The molecule has 0 spiro atoms. The van der Waals surface area contributed by atoms with E-state index in [0.717, 1.165) is 28.9 Å². The molecule has 0 bridgehead atoms. The van der Waals surface area contributed by atoms with Gasteiger partial charge in [0.15, 0.2) is 0 Å². The zero-order valence-electron chi connectivity index (χ0n) is 14.6. The summed E-state index contributed by atoms with van der Waals surface area (Å²) in [6, 6.07) is 6.14. The predicted octanol–water partition coefficient (Wildman–Crippen LogP) is 3.96. The topological polar surface area (TPSA) is 46.0 Å². The normalized spacial score (nSPS) is 12.9. The lowest BCUT2D eigenvalue weighted by atomic mass is 9.97. The Labute approximate surface area is 143 Å². The quantitative estimate of drug-likeness (QED) is 0.853. The molecule has 0 amide bonds. The summed E-state index contributed by atoms with van der Waals surface area (Å²) >= 11 is 0. The van der Waals surface area contributed by atoms with Gasteiger partial charge in [0.05, 0.1) is 11.4 Å². The first-order valence-corrected chi connectivity index (χ1v) is 8.26. The summed E-state index contributed by atoms with van der Waals surface area (Å²) in [6.07, 6.45) is 7.10. The van der Waals surface area contributed by atoms with Gasteiger partial charge in [-0.1, -0.05) is 31.9 Å². The largest absolute Gasteiger partial charge is 0.378 e. The average Bonchev–Trinajstić information content (AvgIpc) is 2.99. The predicted molar refractivity (Wildman–Crippen MR) is 97.5 cm³/mol. The third kappa shape index (κ3) is 3.55. The number of allylic oxidation sites excluding steroid dienone is 1. The first kappa shape index (κ1) is 16.4. The lowest BCUT2D eigenvalue weighted by molar-refractivity contribution is 0.143. The van der Waals surface area contributed by atoms with Crippen LogP contribution in [0.4, 0.5) is 0 Å². The Kier molecular flexibility index (Phi) is 4.26. The molecule has 122 valence electrons. The van der Waals surface area contributed by atoms with Gasteiger partial charge in [0, 0.05) is 23.7 Å². The highest BCUT2D eigenvalue weighted by Gasteiger charge is 2.14. The first-order valence-electron chi connectivity index (χ1n) is 8.26. The van der Waals surface area contributed by atoms with Crippen LogP contribution in [0.25, 0.3) is 17.2 Å². The fourth-order valence-corrected chi connectivity index (χ4v) is 2.72. The van der Waals surface area contributed by atoms with Gasteiger partial charge in [-0.15, -0.1) is 0 Å². The molecule has 0 radical (unpaired) electrons. The summed E-state index contributed by atoms with van der Waals surface area (Å²) in [7, 11) is 0. The lowest BCUT2D eigenvalue weighted by Gasteiger charge is -2.13. The molecule has 0 atom stereocenters. The number of hydrogen-bond acceptors (Lipinski definition) is 3. The van der Waals surface area contributed by atoms with Crippen molar-refractivity contribution in [3.05, 3.63) is 53.1 Å². The molecule has 2 aromatic rings. The molecule has 0 aromatic carbocycles. The highest BCUT2D eigenvalue weighted by Crippen LogP contribution is 2.30. The Hall–Kier alpha value is -2.44. The molecule has 0 unspecified atom stereocenters. The van der Waals surface area contributed by atoms with Crippen LogP contribution in [-0.2, 0) is 6.42 Å². The molecule has 3 heteroatoms. The third-order valence-electron chi connectivity index (χ3n) is 3.89. The number of pyridine rings is 2. The number of fused-ring (bicyclic) bond motifs is 1. The summed E-state index contributed by atoms with van der Waals surface area (Å²) < 4.78 is 0. The summed E-state index contributed by atoms with van der Waals surface area (Å²) in [5, 5.41) is 9.76. The van der Waals surface area contributed by atoms with E-state index in [2.05, 4.69) is 55.0 Å². The summed E-state index contributed by atoms with van der Waals surface area (Å²) in [5.41, 5.74) is 5.15. The van der Waals surface area contributed by atoms with Gasteiger partial charge in [-0.2, -0.15) is 0 Å². The van der Waals surface area contributed by atoms with E-state index in [4.69, 9.17) is 4.98 Å². The van der Waals surface area contributed by atoms with Gasteiger partial charge in [-0.25, -0.2) is 4.98 Å². The lowest BCUT2D eigenvalue weighted by Crippen LogP contribution is -2.14. The van der Waals surface area contributed by atoms with Crippen LogP contribution in [0.15, 0.2) is 30.5 Å². The number of aliphatic hydroxyl groups is 1. The molecule has 3 rings (SSSR count). The van der Waals surface area contributed by atoms with Crippen molar-refractivity contribution in [1.82, 2.24) is 9.97 Å². The number of nitrogens with zero attached hydrogens (tertiary/aromatic N) is 2. The second kappa shape index (κ2) is 6.22. The van der Waals surface area contributed by atoms with Crippen LogP contribution < -0.4 is 0 Å². The van der Waals surface area contributed by atoms with E-state index in [1.165, 1.54) is 5.56 Å². The Morgan fingerprint density at radius 1 is 1.25 bits per heavy atom. The maximum absolute atomic E-state index is 9.76. The third-order valence-corrected chi connectivity index (χ3v) is 3.89. The maximum atomic E-state index is 9.76. The highest BCUT2D eigenvalue weighted by atomic mass is 16.3. The van der Waals surface area contributed by atoms with Crippen molar-refractivity contribution in [3.8, 4) is 23.0 Å². The molecule has 1 aliphatic rings. The van der Waals surface area contributed by atoms with Gasteiger partial charge in [0.2, 0.25) is 0 Å². The van der Waals surface area contributed by atoms with Gasteiger partial charge in [0.1, 0.15) is 11.3 Å². The van der Waals surface area contributed by atoms with Crippen molar-refractivity contribution in [1.29, 1.82) is 0 Å². The SMILES string of the molecule is CC(C)c1nc(C#CC(C)(C)O)ccc1-c1cnc2c(c1)C=CC2. The van der Waals surface area contributed by atoms with Crippen LogP contribution in [0.5, 0.6) is 0 Å². The standard InChI is InChI=1S/C21H22N2O/c1-14(2)20-18(9-8-17(23-20)10-11-21(3,4)24)16-12-15-6-5-7-19(15)22-13-16/h5-6,8-9,12-14,24H,7H2,1-4H3. The van der Waals surface area contributed by atoms with Gasteiger partial charge in [0.25, 0.3) is 0 Å². The molecular formula is C21H22N2O. The van der Waals surface area contributed by atoms with Crippen molar-refractivity contribution in [3.63, 3.8) is 0 Å². The van der Waals surface area contributed by atoms with Gasteiger partial charge in [-0.05, 0) is 49.4 Å². The molecule has 24 heavy (non-hydrogen) atoms. The minimum absolute atomic E-state index is 0.271. The maximum Gasteiger partial charge on any atom is 0.120 e. The molecule has 3 nitrogen and oxygen atoms in total. The molecule has 0 saturated heterocycles. The summed E-state index contributed by atoms with van der Waals surface area (Å²) in [6.45, 7) is 7.59. The minimum Gasteiger partial charge on any atom is -0.378 e. The van der Waals surface area contributed by atoms with E-state index in [0.29, 0.717) is 5.69 Å². The van der Waals surface area contributed by atoms with Crippen LogP contribution in [0.3, 0.4) is 0 Å². The number of hydrogen-bond donors (Lipinski definition) is 1. The Morgan fingerprint density at radius 2 is 2.04 bits per heavy atom. The fourth-order valence-electron chi connectivity index (χ4n) is 2.72. The van der Waals surface area contributed by atoms with Crippen LogP contribution in [0, 0.1) is 11.8 Å². The fraction of sp³-hybridized carbons (Fsp3) is 0.333. The van der Waals surface area contributed by atoms with E-state index in [1.807, 2.05) is 12.3 Å². The van der Waals surface area contributed by atoms with Crippen molar-refractivity contribution in [2.24, 2.45) is 0 Å². The number of aromatic nitrogens is 2. The second-order valence-electron chi connectivity index (χ2n) is 6.96. The van der Waals surface area contributed by atoms with E-state index >= 15 is 0 Å². The van der Waals surface area contributed by atoms with Gasteiger partial charge >= 0.3 is 0 Å². The Bertz CT molecular complexity index is 862. The van der Waals surface area contributed by atoms with Crippen molar-refractivity contribution < 1.29 is 5.11 Å². The zero-order chi connectivity index (χ0) is 17.3. The van der Waals surface area contributed by atoms with Gasteiger partial charge in [-0.3, -0.25) is 4.98 Å². The zero-order valence-corrected chi connectivity index (χ0v) is 14.6. The molecule has 0 aliphatic heterocycles. The van der Waals surface area contributed by atoms with Crippen LogP contribution in [0.1, 0.15) is 56.3 Å². The highest BCUT2D eigenvalue weighted by molar-refractivity contribution is 5.71. The van der Waals surface area contributed by atoms with Crippen LogP contribution in [-0.4, -0.2) is 20.7 Å². The summed E-state index contributed by atoms with van der Waals surface area (Å²) in [5.74, 6) is 6.05. The smallest absolute Gasteiger partial charge is 0.120 e. The molecular weight excluding hydrogens is 296 g/mol. The summed E-state index contributed by atoms with van der Waals surface area (Å²) in [4.78, 5) is 9.29. The van der Waals surface area contributed by atoms with Crippen LogP contribution in [0.2, 0.25) is 0 Å². The second-order valence-corrected chi connectivity index (χ2v) is 6.96. The Morgan fingerprint density at radius 3 is 2.75 bits per heavy atom. The van der Waals surface area contributed by atoms with Gasteiger partial charge < -0.3 is 5.11 Å². The van der Waals surface area contributed by atoms with Crippen molar-refractivity contribution in [2.45, 2.75) is 45.6 Å². The molecule has 1 aliphatic carbocycles. The molecule has 0 saturated carbocycles. The Balaban J connectivity index is 2.05. The van der Waals surface area contributed by atoms with E-state index in [-0.39, 0.29) is 5.92 Å². The van der Waals surface area contributed by atoms with Crippen LogP contribution >= 0.6 is 0 Å². The first-order chi connectivity index (χ1) is 11.3. The monoisotopic (exact) mass is 318 g/mol. The minimum atomic E-state index is -1.02. The van der Waals surface area contributed by atoms with Crippen molar-refractivity contribution >= 4 is 6.08 Å². The van der Waals surface area contributed by atoms with Crippen molar-refractivity contribution in [2.75, 3.05) is 0 Å². The number of rotatable bonds is 2. The van der Waals surface area contributed by atoms with E-state index in [1.54, 1.807) is 13.8 Å². The van der Waals surface area contributed by atoms with E-state index < -0.39 is 5.60 Å². The molecule has 1 N–H and O–H groups in total. The van der Waals surface area contributed by atoms with E-state index in [9.17, 15) is 5.11 Å². The molecule has 0 fully saturated rings. The molecule has 2 heterocycles. The average molecular weight is 318 g/mol. The molecule has 2 aromatic heterocycles.